The molecule has 4 nitrogen and oxygen atoms in total. The van der Waals surface area contributed by atoms with Gasteiger partial charge in [-0.05, 0) is 0 Å². The van der Waals surface area contributed by atoms with Crippen molar-refractivity contribution in [2.75, 3.05) is 26.3 Å². The zero-order chi connectivity index (χ0) is 9.26. The number of ether oxygens (including phenoxy) is 1. The van der Waals surface area contributed by atoms with E-state index in [1.54, 1.807) is 4.90 Å². The average Bonchev–Trinajstić information content (AvgIpc) is 2.61. The van der Waals surface area contributed by atoms with Crippen molar-refractivity contribution in [1.29, 1.82) is 5.26 Å². The Morgan fingerprint density at radius 1 is 1.46 bits per heavy atom. The Kier molecular flexibility index (Phi) is 2.19. The van der Waals surface area contributed by atoms with E-state index in [-0.39, 0.29) is 12.3 Å². The zero-order valence-electron chi connectivity index (χ0n) is 7.40. The fourth-order valence-corrected chi connectivity index (χ4v) is 2.07. The molecule has 13 heavy (non-hydrogen) atoms. The molecule has 0 aromatic rings. The molecule has 4 heteroatoms. The number of carbonyl (C=O) groups is 1. The summed E-state index contributed by atoms with van der Waals surface area (Å²) in [4.78, 5) is 13.1. The molecule has 0 aromatic carbocycles. The van der Waals surface area contributed by atoms with Crippen molar-refractivity contribution >= 4 is 5.91 Å². The topological polar surface area (TPSA) is 53.3 Å². The first kappa shape index (κ1) is 8.52. The summed E-state index contributed by atoms with van der Waals surface area (Å²) >= 11 is 0. The van der Waals surface area contributed by atoms with E-state index in [2.05, 4.69) is 0 Å². The summed E-state index contributed by atoms with van der Waals surface area (Å²) in [5, 5.41) is 8.38. The summed E-state index contributed by atoms with van der Waals surface area (Å²) in [7, 11) is 0. The molecule has 2 rings (SSSR count). The van der Waals surface area contributed by atoms with E-state index < -0.39 is 0 Å². The number of carbonyl (C=O) groups excluding carboxylic acids is 1. The standard InChI is InChI=1S/C9H12N2O2/c10-2-1-9(12)11-3-7-5-13-6-8(7)4-11/h7-8H,1,3-6H2/t7-,8-/m1/s1. The van der Waals surface area contributed by atoms with Crippen LogP contribution in [0.4, 0.5) is 0 Å². The maximum Gasteiger partial charge on any atom is 0.236 e. The molecule has 0 spiro atoms. The number of hydrogen-bond acceptors (Lipinski definition) is 3. The summed E-state index contributed by atoms with van der Waals surface area (Å²) in [6.45, 7) is 3.12. The highest BCUT2D eigenvalue weighted by Crippen LogP contribution is 2.29. The predicted molar refractivity (Wildman–Crippen MR) is 44.6 cm³/mol. The Balaban J connectivity index is 1.92. The minimum atomic E-state index is -0.0306. The average molecular weight is 180 g/mol. The Hall–Kier alpha value is -1.08. The van der Waals surface area contributed by atoms with Crippen LogP contribution in [0.25, 0.3) is 0 Å². The van der Waals surface area contributed by atoms with Gasteiger partial charge in [0.2, 0.25) is 5.91 Å². The molecule has 0 bridgehead atoms. The molecular formula is C9H12N2O2. The van der Waals surface area contributed by atoms with E-state index in [0.29, 0.717) is 11.8 Å². The fourth-order valence-electron chi connectivity index (χ4n) is 2.07. The van der Waals surface area contributed by atoms with Crippen LogP contribution < -0.4 is 0 Å². The van der Waals surface area contributed by atoms with Crippen molar-refractivity contribution in [3.63, 3.8) is 0 Å². The number of nitriles is 1. The van der Waals surface area contributed by atoms with Crippen LogP contribution in [-0.2, 0) is 9.53 Å². The number of likely N-dealkylation sites (tertiary alicyclic amines) is 1. The summed E-state index contributed by atoms with van der Waals surface area (Å²) in [6.07, 6.45) is 0.0142. The Bertz CT molecular complexity index is 247. The van der Waals surface area contributed by atoms with Crippen molar-refractivity contribution in [3.05, 3.63) is 0 Å². The molecule has 2 saturated heterocycles. The van der Waals surface area contributed by atoms with Crippen molar-refractivity contribution in [2.45, 2.75) is 6.42 Å². The second kappa shape index (κ2) is 3.35. The molecule has 0 aromatic heterocycles. The van der Waals surface area contributed by atoms with Crippen LogP contribution in [0.3, 0.4) is 0 Å². The molecule has 0 saturated carbocycles. The number of amides is 1. The number of fused-ring (bicyclic) bond motifs is 1. The van der Waals surface area contributed by atoms with Gasteiger partial charge in [-0.3, -0.25) is 4.79 Å². The molecule has 1 amide bonds. The molecular weight excluding hydrogens is 168 g/mol. The first-order chi connectivity index (χ1) is 6.31. The highest BCUT2D eigenvalue weighted by molar-refractivity contribution is 5.78. The van der Waals surface area contributed by atoms with E-state index in [0.717, 1.165) is 26.3 Å². The van der Waals surface area contributed by atoms with E-state index in [1.807, 2.05) is 6.07 Å². The molecule has 2 aliphatic rings. The van der Waals surface area contributed by atoms with Crippen LogP contribution >= 0.6 is 0 Å². The Morgan fingerprint density at radius 3 is 2.62 bits per heavy atom. The highest BCUT2D eigenvalue weighted by atomic mass is 16.5. The van der Waals surface area contributed by atoms with E-state index in [9.17, 15) is 4.79 Å². The number of hydrogen-bond donors (Lipinski definition) is 0. The van der Waals surface area contributed by atoms with Crippen LogP contribution in [-0.4, -0.2) is 37.1 Å². The van der Waals surface area contributed by atoms with Gasteiger partial charge in [0.05, 0.1) is 19.3 Å². The smallest absolute Gasteiger partial charge is 0.236 e. The molecule has 2 atom stereocenters. The van der Waals surface area contributed by atoms with Crippen molar-refractivity contribution < 1.29 is 9.53 Å². The summed E-state index contributed by atoms with van der Waals surface area (Å²) in [6, 6.07) is 1.89. The van der Waals surface area contributed by atoms with Gasteiger partial charge in [-0.15, -0.1) is 0 Å². The van der Waals surface area contributed by atoms with Crippen LogP contribution in [0.2, 0.25) is 0 Å². The van der Waals surface area contributed by atoms with Gasteiger partial charge in [0.15, 0.2) is 0 Å². The van der Waals surface area contributed by atoms with Gasteiger partial charge >= 0.3 is 0 Å². The lowest BCUT2D eigenvalue weighted by atomic mass is 10.0. The molecule has 2 heterocycles. The number of nitrogens with zero attached hydrogens (tertiary/aromatic N) is 2. The molecule has 2 fully saturated rings. The first-order valence-electron chi connectivity index (χ1n) is 4.53. The SMILES string of the molecule is N#CCC(=O)N1C[C@@H]2COC[C@H]2C1. The van der Waals surface area contributed by atoms with Crippen LogP contribution in [0.15, 0.2) is 0 Å². The monoisotopic (exact) mass is 180 g/mol. The zero-order valence-corrected chi connectivity index (χ0v) is 7.40. The van der Waals surface area contributed by atoms with Gasteiger partial charge in [-0.25, -0.2) is 0 Å². The fraction of sp³-hybridized carbons (Fsp3) is 0.778. The Labute approximate surface area is 77.1 Å². The van der Waals surface area contributed by atoms with Gasteiger partial charge in [0.1, 0.15) is 6.42 Å². The van der Waals surface area contributed by atoms with Crippen molar-refractivity contribution in [1.82, 2.24) is 4.90 Å². The van der Waals surface area contributed by atoms with E-state index >= 15 is 0 Å². The van der Waals surface area contributed by atoms with Crippen molar-refractivity contribution in [3.8, 4) is 6.07 Å². The maximum atomic E-state index is 11.3. The van der Waals surface area contributed by atoms with Gasteiger partial charge in [-0.1, -0.05) is 0 Å². The third-order valence-corrected chi connectivity index (χ3v) is 2.82. The van der Waals surface area contributed by atoms with Gasteiger partial charge < -0.3 is 9.64 Å². The van der Waals surface area contributed by atoms with Gasteiger partial charge in [0, 0.05) is 24.9 Å². The molecule has 0 N–H and O–H groups in total. The second-order valence-corrected chi connectivity index (χ2v) is 3.69. The number of rotatable bonds is 1. The van der Waals surface area contributed by atoms with Crippen LogP contribution in [0.5, 0.6) is 0 Å². The molecule has 0 aliphatic carbocycles. The molecule has 2 aliphatic heterocycles. The maximum absolute atomic E-state index is 11.3. The minimum absolute atomic E-state index is 0.0142. The lowest BCUT2D eigenvalue weighted by Gasteiger charge is -2.15. The van der Waals surface area contributed by atoms with E-state index in [1.165, 1.54) is 0 Å². The van der Waals surface area contributed by atoms with E-state index in [4.69, 9.17) is 10.00 Å². The quantitative estimate of drug-likeness (QED) is 0.571. The molecule has 0 radical (unpaired) electrons. The Morgan fingerprint density at radius 2 is 2.08 bits per heavy atom. The van der Waals surface area contributed by atoms with Crippen LogP contribution in [0, 0.1) is 23.2 Å². The second-order valence-electron chi connectivity index (χ2n) is 3.69. The third kappa shape index (κ3) is 1.52. The molecule has 70 valence electrons. The lowest BCUT2D eigenvalue weighted by Crippen LogP contribution is -2.29. The van der Waals surface area contributed by atoms with Gasteiger partial charge in [-0.2, -0.15) is 5.26 Å². The summed E-state index contributed by atoms with van der Waals surface area (Å²) < 4.78 is 5.30. The van der Waals surface area contributed by atoms with Crippen molar-refractivity contribution in [2.24, 2.45) is 11.8 Å². The normalized spacial score (nSPS) is 31.5. The third-order valence-electron chi connectivity index (χ3n) is 2.82. The summed E-state index contributed by atoms with van der Waals surface area (Å²) in [5.41, 5.74) is 0. The largest absolute Gasteiger partial charge is 0.381 e. The predicted octanol–water partition coefficient (Wildman–Crippen LogP) is 0.00488. The summed E-state index contributed by atoms with van der Waals surface area (Å²) in [5.74, 6) is 1.00. The lowest BCUT2D eigenvalue weighted by molar-refractivity contribution is -0.129. The highest BCUT2D eigenvalue weighted by Gasteiger charge is 2.38. The van der Waals surface area contributed by atoms with Crippen LogP contribution in [0.1, 0.15) is 6.42 Å². The first-order valence-corrected chi connectivity index (χ1v) is 4.53. The van der Waals surface area contributed by atoms with Gasteiger partial charge in [0.25, 0.3) is 0 Å². The minimum Gasteiger partial charge on any atom is -0.381 e. The molecule has 0 unspecified atom stereocenters.